The average molecular weight is 195 g/mol. The number of ether oxygens (including phenoxy) is 1. The van der Waals surface area contributed by atoms with Crippen LogP contribution in [0, 0.1) is 0 Å². The van der Waals surface area contributed by atoms with E-state index in [1.807, 2.05) is 0 Å². The van der Waals surface area contributed by atoms with E-state index in [1.165, 1.54) is 0 Å². The average Bonchev–Trinajstić information content (AvgIpc) is 2.14. The Morgan fingerprint density at radius 1 is 1.50 bits per heavy atom. The summed E-state index contributed by atoms with van der Waals surface area (Å²) < 4.78 is 5.02. The summed E-state index contributed by atoms with van der Waals surface area (Å²) in [4.78, 5) is 10.3. The minimum Gasteiger partial charge on any atom is -0.497 e. The van der Waals surface area contributed by atoms with Gasteiger partial charge in [-0.05, 0) is 24.1 Å². The summed E-state index contributed by atoms with van der Waals surface area (Å²) in [6, 6.07) is 5.25. The molecule has 4 nitrogen and oxygen atoms in total. The smallest absolute Gasteiger partial charge is 0.303 e. The first-order valence-electron chi connectivity index (χ1n) is 4.27. The summed E-state index contributed by atoms with van der Waals surface area (Å²) in [6.07, 6.45) is 0.573. The molecule has 0 radical (unpaired) electrons. The fourth-order valence-electron chi connectivity index (χ4n) is 1.20. The van der Waals surface area contributed by atoms with Gasteiger partial charge in [-0.1, -0.05) is 0 Å². The molecule has 1 rings (SSSR count). The number of carboxylic acids is 1. The van der Waals surface area contributed by atoms with Crippen LogP contribution in [-0.4, -0.2) is 18.2 Å². The van der Waals surface area contributed by atoms with Gasteiger partial charge in [-0.3, -0.25) is 4.79 Å². The van der Waals surface area contributed by atoms with Crippen molar-refractivity contribution in [2.24, 2.45) is 0 Å². The van der Waals surface area contributed by atoms with Crippen LogP contribution in [0.15, 0.2) is 18.2 Å². The summed E-state index contributed by atoms with van der Waals surface area (Å²) in [7, 11) is 1.55. The maximum absolute atomic E-state index is 10.3. The van der Waals surface area contributed by atoms with E-state index in [-0.39, 0.29) is 6.42 Å². The number of methoxy groups -OCH3 is 1. The minimum atomic E-state index is -0.814. The van der Waals surface area contributed by atoms with Gasteiger partial charge in [-0.2, -0.15) is 0 Å². The number of carbonyl (C=O) groups is 1. The molecule has 0 atom stereocenters. The predicted octanol–water partition coefficient (Wildman–Crippen LogP) is 1.29. The Hall–Kier alpha value is -1.71. The number of anilines is 1. The molecule has 0 fully saturated rings. The number of carboxylic acid groups (broad SMARTS) is 1. The van der Waals surface area contributed by atoms with Crippen LogP contribution in [0.3, 0.4) is 0 Å². The molecule has 0 aliphatic heterocycles. The van der Waals surface area contributed by atoms with Crippen LogP contribution in [0.5, 0.6) is 5.75 Å². The number of nitrogen functional groups attached to an aromatic ring is 1. The van der Waals surface area contributed by atoms with Crippen molar-refractivity contribution in [3.8, 4) is 5.75 Å². The van der Waals surface area contributed by atoms with Gasteiger partial charge in [0.05, 0.1) is 7.11 Å². The molecule has 3 N–H and O–H groups in total. The van der Waals surface area contributed by atoms with E-state index in [0.717, 1.165) is 5.56 Å². The number of aliphatic carboxylic acids is 1. The molecular formula is C10H13NO3. The molecule has 0 aliphatic rings. The highest BCUT2D eigenvalue weighted by molar-refractivity contribution is 5.67. The molecule has 0 unspecified atom stereocenters. The second-order valence-corrected chi connectivity index (χ2v) is 3.01. The third-order valence-electron chi connectivity index (χ3n) is 1.85. The molecule has 0 heterocycles. The van der Waals surface area contributed by atoms with E-state index in [9.17, 15) is 4.79 Å². The Morgan fingerprint density at radius 2 is 2.21 bits per heavy atom. The zero-order valence-corrected chi connectivity index (χ0v) is 7.99. The van der Waals surface area contributed by atoms with Gasteiger partial charge in [0.25, 0.3) is 0 Å². The molecule has 1 aromatic carbocycles. The van der Waals surface area contributed by atoms with Gasteiger partial charge in [0.1, 0.15) is 5.75 Å². The van der Waals surface area contributed by atoms with E-state index in [2.05, 4.69) is 0 Å². The minimum absolute atomic E-state index is 0.104. The number of rotatable bonds is 4. The third-order valence-corrected chi connectivity index (χ3v) is 1.85. The second kappa shape index (κ2) is 4.50. The molecule has 76 valence electrons. The highest BCUT2D eigenvalue weighted by atomic mass is 16.5. The topological polar surface area (TPSA) is 72.5 Å². The predicted molar refractivity (Wildman–Crippen MR) is 53.4 cm³/mol. The Morgan fingerprint density at radius 3 is 2.79 bits per heavy atom. The van der Waals surface area contributed by atoms with Crippen molar-refractivity contribution in [1.29, 1.82) is 0 Å². The van der Waals surface area contributed by atoms with E-state index in [0.29, 0.717) is 17.9 Å². The van der Waals surface area contributed by atoms with E-state index in [4.69, 9.17) is 15.6 Å². The van der Waals surface area contributed by atoms with Crippen LogP contribution < -0.4 is 10.5 Å². The van der Waals surface area contributed by atoms with E-state index >= 15 is 0 Å². The molecule has 14 heavy (non-hydrogen) atoms. The number of aryl methyl sites for hydroxylation is 1. The Balaban J connectivity index is 2.76. The maximum Gasteiger partial charge on any atom is 0.303 e. The van der Waals surface area contributed by atoms with Gasteiger partial charge >= 0.3 is 5.97 Å². The molecular weight excluding hydrogens is 182 g/mol. The highest BCUT2D eigenvalue weighted by Gasteiger charge is 2.02. The first kappa shape index (κ1) is 10.4. The van der Waals surface area contributed by atoms with Crippen molar-refractivity contribution < 1.29 is 14.6 Å². The van der Waals surface area contributed by atoms with Gasteiger partial charge in [-0.25, -0.2) is 0 Å². The Bertz CT molecular complexity index is 336. The summed E-state index contributed by atoms with van der Waals surface area (Å²) in [5, 5.41) is 8.51. The van der Waals surface area contributed by atoms with Crippen molar-refractivity contribution >= 4 is 11.7 Å². The quantitative estimate of drug-likeness (QED) is 0.710. The van der Waals surface area contributed by atoms with Gasteiger partial charge in [0.2, 0.25) is 0 Å². The van der Waals surface area contributed by atoms with Crippen molar-refractivity contribution in [3.05, 3.63) is 23.8 Å². The molecule has 0 amide bonds. The van der Waals surface area contributed by atoms with Crippen LogP contribution >= 0.6 is 0 Å². The monoisotopic (exact) mass is 195 g/mol. The number of hydrogen-bond donors (Lipinski definition) is 2. The maximum atomic E-state index is 10.3. The molecule has 0 saturated carbocycles. The standard InChI is InChI=1S/C10H13NO3/c1-14-9-5-7(2-3-10(12)13)4-8(11)6-9/h4-6H,2-3,11H2,1H3,(H,12,13). The van der Waals surface area contributed by atoms with E-state index < -0.39 is 5.97 Å². The van der Waals surface area contributed by atoms with Crippen LogP contribution in [0.4, 0.5) is 5.69 Å². The summed E-state index contributed by atoms with van der Waals surface area (Å²) in [5.74, 6) is -0.156. The number of benzene rings is 1. The lowest BCUT2D eigenvalue weighted by Crippen LogP contribution is -1.98. The summed E-state index contributed by atoms with van der Waals surface area (Å²) in [5.41, 5.74) is 7.08. The molecule has 4 heteroatoms. The number of nitrogens with two attached hydrogens (primary N) is 1. The molecule has 0 spiro atoms. The molecule has 0 aromatic heterocycles. The summed E-state index contributed by atoms with van der Waals surface area (Å²) in [6.45, 7) is 0. The van der Waals surface area contributed by atoms with Crippen molar-refractivity contribution in [3.63, 3.8) is 0 Å². The number of hydrogen-bond acceptors (Lipinski definition) is 3. The van der Waals surface area contributed by atoms with Crippen molar-refractivity contribution in [2.45, 2.75) is 12.8 Å². The fraction of sp³-hybridized carbons (Fsp3) is 0.300. The Labute approximate surface area is 82.3 Å². The molecule has 1 aromatic rings. The van der Waals surface area contributed by atoms with Crippen LogP contribution in [0.25, 0.3) is 0 Å². The van der Waals surface area contributed by atoms with Gasteiger partial charge in [-0.15, -0.1) is 0 Å². The van der Waals surface area contributed by atoms with Crippen molar-refractivity contribution in [2.75, 3.05) is 12.8 Å². The molecule has 0 bridgehead atoms. The van der Waals surface area contributed by atoms with Gasteiger partial charge < -0.3 is 15.6 Å². The van der Waals surface area contributed by atoms with Gasteiger partial charge in [0, 0.05) is 18.2 Å². The first-order chi connectivity index (χ1) is 6.61. The van der Waals surface area contributed by atoms with Crippen molar-refractivity contribution in [1.82, 2.24) is 0 Å². The lowest BCUT2D eigenvalue weighted by atomic mass is 10.1. The highest BCUT2D eigenvalue weighted by Crippen LogP contribution is 2.19. The zero-order valence-electron chi connectivity index (χ0n) is 7.99. The second-order valence-electron chi connectivity index (χ2n) is 3.01. The van der Waals surface area contributed by atoms with Gasteiger partial charge in [0.15, 0.2) is 0 Å². The lowest BCUT2D eigenvalue weighted by molar-refractivity contribution is -0.136. The third kappa shape index (κ3) is 2.97. The molecule has 0 saturated heterocycles. The zero-order chi connectivity index (χ0) is 10.6. The van der Waals surface area contributed by atoms with Crippen LogP contribution in [-0.2, 0) is 11.2 Å². The first-order valence-corrected chi connectivity index (χ1v) is 4.27. The fourth-order valence-corrected chi connectivity index (χ4v) is 1.20. The lowest BCUT2D eigenvalue weighted by Gasteiger charge is -2.05. The van der Waals surface area contributed by atoms with Crippen LogP contribution in [0.2, 0.25) is 0 Å². The SMILES string of the molecule is COc1cc(N)cc(CCC(=O)O)c1. The largest absolute Gasteiger partial charge is 0.497 e. The Kier molecular flexibility index (Phi) is 3.34. The molecule has 0 aliphatic carbocycles. The summed E-state index contributed by atoms with van der Waals surface area (Å²) >= 11 is 0. The van der Waals surface area contributed by atoms with Crippen LogP contribution in [0.1, 0.15) is 12.0 Å². The normalized spacial score (nSPS) is 9.79. The van der Waals surface area contributed by atoms with E-state index in [1.54, 1.807) is 25.3 Å².